The number of rotatable bonds is 4. The van der Waals surface area contributed by atoms with E-state index < -0.39 is 6.10 Å². The van der Waals surface area contributed by atoms with Crippen LogP contribution in [0.3, 0.4) is 0 Å². The second-order valence-electron chi connectivity index (χ2n) is 3.67. The normalized spacial score (nSPS) is 15.6. The van der Waals surface area contributed by atoms with Gasteiger partial charge in [-0.15, -0.1) is 11.6 Å². The first-order valence-electron chi connectivity index (χ1n) is 4.89. The van der Waals surface area contributed by atoms with Gasteiger partial charge < -0.3 is 10.4 Å². The fourth-order valence-corrected chi connectivity index (χ4v) is 1.70. The quantitative estimate of drug-likeness (QED) is 0.745. The Bertz CT molecular complexity index is 327. The monoisotopic (exact) mass is 211 g/mol. The van der Waals surface area contributed by atoms with Gasteiger partial charge in [-0.1, -0.05) is 6.07 Å². The molecular weight excluding hydrogens is 198 g/mol. The Labute approximate surface area is 88.9 Å². The summed E-state index contributed by atoms with van der Waals surface area (Å²) in [4.78, 5) is 0. The van der Waals surface area contributed by atoms with Crippen LogP contribution >= 0.6 is 11.6 Å². The molecule has 0 spiro atoms. The van der Waals surface area contributed by atoms with E-state index in [-0.39, 0.29) is 5.88 Å². The number of nitrogens with one attached hydrogen (secondary N) is 1. The van der Waals surface area contributed by atoms with Crippen molar-refractivity contribution in [3.05, 3.63) is 29.3 Å². The minimum atomic E-state index is -0.470. The molecule has 1 aromatic rings. The number of aryl methyl sites for hydroxylation is 2. The molecule has 2 rings (SSSR count). The van der Waals surface area contributed by atoms with E-state index in [0.29, 0.717) is 6.54 Å². The lowest BCUT2D eigenvalue weighted by Gasteiger charge is -2.20. The van der Waals surface area contributed by atoms with Crippen molar-refractivity contribution >= 4 is 17.3 Å². The molecule has 1 aliphatic carbocycles. The Morgan fingerprint density at radius 3 is 2.71 bits per heavy atom. The Morgan fingerprint density at radius 1 is 1.36 bits per heavy atom. The third-order valence-electron chi connectivity index (χ3n) is 2.59. The summed E-state index contributed by atoms with van der Waals surface area (Å²) in [7, 11) is 0. The first-order chi connectivity index (χ1) is 6.79. The highest BCUT2D eigenvalue weighted by atomic mass is 35.5. The lowest BCUT2D eigenvalue weighted by atomic mass is 9.88. The van der Waals surface area contributed by atoms with Crippen molar-refractivity contribution in [1.82, 2.24) is 0 Å². The largest absolute Gasteiger partial charge is 0.390 e. The first kappa shape index (κ1) is 9.81. The fraction of sp³-hybridized carbons (Fsp3) is 0.455. The molecule has 14 heavy (non-hydrogen) atoms. The summed E-state index contributed by atoms with van der Waals surface area (Å²) in [6, 6.07) is 6.35. The third kappa shape index (κ3) is 2.02. The molecular formula is C11H14ClNO. The van der Waals surface area contributed by atoms with Gasteiger partial charge in [-0.2, -0.15) is 0 Å². The van der Waals surface area contributed by atoms with E-state index in [9.17, 15) is 5.11 Å². The molecule has 1 atom stereocenters. The van der Waals surface area contributed by atoms with Crippen molar-refractivity contribution in [3.8, 4) is 0 Å². The fourth-order valence-electron chi connectivity index (χ4n) is 1.60. The van der Waals surface area contributed by atoms with Crippen LogP contribution in [0.25, 0.3) is 0 Å². The van der Waals surface area contributed by atoms with Crippen molar-refractivity contribution in [2.45, 2.75) is 18.9 Å². The Morgan fingerprint density at radius 2 is 2.14 bits per heavy atom. The molecule has 2 N–H and O–H groups in total. The van der Waals surface area contributed by atoms with E-state index in [1.54, 1.807) is 0 Å². The number of benzene rings is 1. The number of aliphatic hydroxyl groups excluding tert-OH is 1. The van der Waals surface area contributed by atoms with Crippen LogP contribution in [0.5, 0.6) is 0 Å². The maximum absolute atomic E-state index is 9.26. The second kappa shape index (κ2) is 4.20. The van der Waals surface area contributed by atoms with Gasteiger partial charge in [0.15, 0.2) is 0 Å². The van der Waals surface area contributed by atoms with E-state index in [1.807, 2.05) is 0 Å². The van der Waals surface area contributed by atoms with E-state index in [1.165, 1.54) is 24.0 Å². The van der Waals surface area contributed by atoms with Gasteiger partial charge in [-0.3, -0.25) is 0 Å². The summed E-state index contributed by atoms with van der Waals surface area (Å²) in [6.07, 6.45) is 1.92. The van der Waals surface area contributed by atoms with Crippen LogP contribution in [0.2, 0.25) is 0 Å². The van der Waals surface area contributed by atoms with E-state index in [4.69, 9.17) is 11.6 Å². The molecule has 76 valence electrons. The maximum atomic E-state index is 9.26. The molecule has 1 aliphatic rings. The molecule has 0 amide bonds. The predicted molar refractivity (Wildman–Crippen MR) is 59.1 cm³/mol. The van der Waals surface area contributed by atoms with Gasteiger partial charge in [-0.05, 0) is 36.1 Å². The highest BCUT2D eigenvalue weighted by molar-refractivity contribution is 6.18. The minimum absolute atomic E-state index is 0.276. The first-order valence-corrected chi connectivity index (χ1v) is 5.43. The van der Waals surface area contributed by atoms with Crippen LogP contribution in [0.4, 0.5) is 5.69 Å². The van der Waals surface area contributed by atoms with Gasteiger partial charge in [0.1, 0.15) is 0 Å². The number of fused-ring (bicyclic) bond motifs is 1. The molecule has 1 unspecified atom stereocenters. The van der Waals surface area contributed by atoms with Crippen molar-refractivity contribution < 1.29 is 5.11 Å². The van der Waals surface area contributed by atoms with Crippen molar-refractivity contribution in [2.75, 3.05) is 17.7 Å². The molecule has 0 saturated carbocycles. The van der Waals surface area contributed by atoms with Crippen molar-refractivity contribution in [3.63, 3.8) is 0 Å². The topological polar surface area (TPSA) is 32.3 Å². The Balaban J connectivity index is 1.93. The molecule has 1 aromatic carbocycles. The van der Waals surface area contributed by atoms with Gasteiger partial charge in [0.05, 0.1) is 12.0 Å². The lowest BCUT2D eigenvalue weighted by Crippen LogP contribution is -2.21. The summed E-state index contributed by atoms with van der Waals surface area (Å²) >= 11 is 5.50. The Kier molecular flexibility index (Phi) is 2.94. The number of aliphatic hydroxyl groups is 1. The summed E-state index contributed by atoms with van der Waals surface area (Å²) in [6.45, 7) is 0.516. The standard InChI is InChI=1S/C11H14ClNO/c12-6-11(14)7-13-10-4-3-8-1-2-9(8)5-10/h3-5,11,13-14H,1-2,6-7H2. The number of hydrogen-bond donors (Lipinski definition) is 2. The maximum Gasteiger partial charge on any atom is 0.0847 e. The number of anilines is 1. The van der Waals surface area contributed by atoms with Gasteiger partial charge in [0.2, 0.25) is 0 Å². The van der Waals surface area contributed by atoms with Crippen LogP contribution in [0.1, 0.15) is 11.1 Å². The average molecular weight is 212 g/mol. The van der Waals surface area contributed by atoms with Gasteiger partial charge >= 0.3 is 0 Å². The SMILES string of the molecule is OC(CCl)CNc1ccc2c(c1)CC2. The highest BCUT2D eigenvalue weighted by Crippen LogP contribution is 2.25. The lowest BCUT2D eigenvalue weighted by molar-refractivity contribution is 0.211. The van der Waals surface area contributed by atoms with E-state index in [0.717, 1.165) is 5.69 Å². The zero-order valence-corrected chi connectivity index (χ0v) is 8.72. The summed E-state index contributed by atoms with van der Waals surface area (Å²) in [5.74, 6) is 0.276. The zero-order valence-electron chi connectivity index (χ0n) is 7.96. The molecule has 0 bridgehead atoms. The van der Waals surface area contributed by atoms with Crippen LogP contribution in [-0.4, -0.2) is 23.6 Å². The van der Waals surface area contributed by atoms with Crippen LogP contribution in [0.15, 0.2) is 18.2 Å². The molecule has 0 fully saturated rings. The van der Waals surface area contributed by atoms with Gasteiger partial charge in [0.25, 0.3) is 0 Å². The zero-order chi connectivity index (χ0) is 9.97. The van der Waals surface area contributed by atoms with E-state index >= 15 is 0 Å². The van der Waals surface area contributed by atoms with Gasteiger partial charge in [0, 0.05) is 12.2 Å². The molecule has 2 nitrogen and oxygen atoms in total. The second-order valence-corrected chi connectivity index (χ2v) is 3.98. The van der Waals surface area contributed by atoms with Crippen LogP contribution in [0, 0.1) is 0 Å². The Hall–Kier alpha value is -0.730. The minimum Gasteiger partial charge on any atom is -0.390 e. The van der Waals surface area contributed by atoms with Gasteiger partial charge in [-0.25, -0.2) is 0 Å². The smallest absolute Gasteiger partial charge is 0.0847 e. The number of alkyl halides is 1. The molecule has 0 aromatic heterocycles. The van der Waals surface area contributed by atoms with Crippen molar-refractivity contribution in [2.24, 2.45) is 0 Å². The molecule has 0 aliphatic heterocycles. The molecule has 0 heterocycles. The molecule has 3 heteroatoms. The van der Waals surface area contributed by atoms with E-state index in [2.05, 4.69) is 23.5 Å². The molecule has 0 saturated heterocycles. The average Bonchev–Trinajstić information content (AvgIpc) is 2.17. The summed E-state index contributed by atoms with van der Waals surface area (Å²) < 4.78 is 0. The highest BCUT2D eigenvalue weighted by Gasteiger charge is 2.12. The summed E-state index contributed by atoms with van der Waals surface area (Å²) in [5.41, 5.74) is 3.96. The van der Waals surface area contributed by atoms with Crippen molar-refractivity contribution in [1.29, 1.82) is 0 Å². The molecule has 0 radical (unpaired) electrons. The van der Waals surface area contributed by atoms with Crippen LogP contribution in [-0.2, 0) is 12.8 Å². The van der Waals surface area contributed by atoms with Crippen LogP contribution < -0.4 is 5.32 Å². The third-order valence-corrected chi connectivity index (χ3v) is 2.95. The predicted octanol–water partition coefficient (Wildman–Crippen LogP) is 1.80. The number of hydrogen-bond acceptors (Lipinski definition) is 2. The number of halogens is 1. The summed E-state index contributed by atoms with van der Waals surface area (Å²) in [5, 5.41) is 12.4.